The monoisotopic (exact) mass is 814 g/mol. The number of rotatable bonds is 11. The van der Waals surface area contributed by atoms with Crippen LogP contribution in [0, 0.1) is 0 Å². The number of amides is 2. The van der Waals surface area contributed by atoms with Crippen molar-refractivity contribution in [1.82, 2.24) is 19.9 Å². The smallest absolute Gasteiger partial charge is 0.349 e. The molecule has 3 N–H and O–H groups in total. The molecular formula is C38H31ClN6O9S2. The van der Waals surface area contributed by atoms with Gasteiger partial charge in [0.2, 0.25) is 0 Å². The maximum atomic E-state index is 12.3. The van der Waals surface area contributed by atoms with Gasteiger partial charge in [0.15, 0.2) is 27.4 Å². The maximum absolute atomic E-state index is 12.3. The molecule has 56 heavy (non-hydrogen) atoms. The summed E-state index contributed by atoms with van der Waals surface area (Å²) in [5, 5.41) is 18.9. The first-order valence-electron chi connectivity index (χ1n) is 15.9. The number of para-hydroxylation sites is 2. The molecule has 15 nitrogen and oxygen atoms in total. The van der Waals surface area contributed by atoms with Crippen LogP contribution in [0.5, 0.6) is 23.0 Å². The number of aromatic nitrogens is 4. The van der Waals surface area contributed by atoms with E-state index in [0.717, 1.165) is 11.1 Å². The molecule has 0 atom stereocenters. The summed E-state index contributed by atoms with van der Waals surface area (Å²) in [6.07, 6.45) is 11.7. The second-order valence-electron chi connectivity index (χ2n) is 10.3. The van der Waals surface area contributed by atoms with E-state index in [0.29, 0.717) is 21.8 Å². The van der Waals surface area contributed by atoms with Gasteiger partial charge < -0.3 is 23.6 Å². The number of hydrogen-bond donors (Lipinski definition) is 3. The molecule has 0 aliphatic carbocycles. The summed E-state index contributed by atoms with van der Waals surface area (Å²) in [5.41, 5.74) is 1.50. The first kappa shape index (κ1) is 41.8. The Kier molecular flexibility index (Phi) is 16.7. The summed E-state index contributed by atoms with van der Waals surface area (Å²) >= 11 is 7.43. The van der Waals surface area contributed by atoms with Crippen molar-refractivity contribution in [1.29, 1.82) is 0 Å². The average Bonchev–Trinajstić information content (AvgIpc) is 3.95. The summed E-state index contributed by atoms with van der Waals surface area (Å²) in [5.74, 6) is -1.01. The molecule has 0 spiro atoms. The van der Waals surface area contributed by atoms with Gasteiger partial charge in [0.05, 0.1) is 14.2 Å². The lowest BCUT2D eigenvalue weighted by Crippen LogP contribution is -2.16. The first-order chi connectivity index (χ1) is 27.2. The molecule has 0 saturated heterocycles. The molecule has 6 rings (SSSR count). The normalized spacial score (nSPS) is 10.3. The van der Waals surface area contributed by atoms with Gasteiger partial charge in [-0.2, -0.15) is 0 Å². The highest BCUT2D eigenvalue weighted by atomic mass is 35.5. The lowest BCUT2D eigenvalue weighted by Gasteiger charge is -2.07. The third kappa shape index (κ3) is 13.2. The van der Waals surface area contributed by atoms with Gasteiger partial charge in [-0.3, -0.25) is 20.2 Å². The number of methoxy groups -OCH3 is 2. The van der Waals surface area contributed by atoms with Gasteiger partial charge in [-0.15, -0.1) is 22.7 Å². The van der Waals surface area contributed by atoms with E-state index in [1.165, 1.54) is 59.4 Å². The van der Waals surface area contributed by atoms with E-state index in [1.807, 2.05) is 30.3 Å². The highest BCUT2D eigenvalue weighted by Crippen LogP contribution is 2.22. The highest BCUT2D eigenvalue weighted by Gasteiger charge is 2.17. The molecule has 0 fully saturated rings. The maximum Gasteiger partial charge on any atom is 0.349 e. The fraction of sp³-hybridized carbons (Fsp3) is 0.0526. The third-order valence-electron chi connectivity index (χ3n) is 6.66. The van der Waals surface area contributed by atoms with E-state index < -0.39 is 23.8 Å². The van der Waals surface area contributed by atoms with Crippen molar-refractivity contribution in [3.8, 4) is 23.0 Å². The second kappa shape index (κ2) is 22.3. The molecule has 18 heteroatoms. The number of benzene rings is 2. The first-order valence-corrected chi connectivity index (χ1v) is 18.0. The SMILES string of the molecule is COc1ccccc1/C=C/C(=O)OCl.COc1ccccc1/C=C/C(=O)Oc1cccnc1C(=O)Nc1nccs1.O=C(Nc1nccs1)c1ncccc1O. The lowest BCUT2D eigenvalue weighted by atomic mass is 10.2. The summed E-state index contributed by atoms with van der Waals surface area (Å²) in [4.78, 5) is 62.4. The minimum absolute atomic E-state index is 0.00676. The number of hydrogen-bond acceptors (Lipinski definition) is 15. The molecule has 0 unspecified atom stereocenters. The van der Waals surface area contributed by atoms with Gasteiger partial charge in [-0.1, -0.05) is 36.4 Å². The predicted molar refractivity (Wildman–Crippen MR) is 212 cm³/mol. The van der Waals surface area contributed by atoms with Crippen molar-refractivity contribution in [2.24, 2.45) is 0 Å². The van der Waals surface area contributed by atoms with Gasteiger partial charge in [0, 0.05) is 58.8 Å². The predicted octanol–water partition coefficient (Wildman–Crippen LogP) is 7.32. The molecule has 0 saturated carbocycles. The largest absolute Gasteiger partial charge is 0.505 e. The molecule has 0 bridgehead atoms. The molecule has 0 radical (unpaired) electrons. The van der Waals surface area contributed by atoms with Crippen LogP contribution in [-0.2, 0) is 13.9 Å². The van der Waals surface area contributed by atoms with E-state index >= 15 is 0 Å². The quantitative estimate of drug-likeness (QED) is 0.0869. The van der Waals surface area contributed by atoms with Crippen LogP contribution in [0.2, 0.25) is 0 Å². The fourth-order valence-corrected chi connectivity index (χ4v) is 5.29. The van der Waals surface area contributed by atoms with Crippen molar-refractivity contribution < 1.29 is 42.8 Å². The molecule has 2 amide bonds. The van der Waals surface area contributed by atoms with Gasteiger partial charge in [-0.05, 0) is 48.6 Å². The van der Waals surface area contributed by atoms with Crippen LogP contribution in [0.3, 0.4) is 0 Å². The zero-order valence-electron chi connectivity index (χ0n) is 29.4. The Hall–Kier alpha value is -6.95. The standard InChI is InChI=1S/C19H15N3O4S.C10H9ClO3.C9H7N3O2S/c1-25-14-6-3-2-5-13(14)8-9-16(23)26-15-7-4-10-20-17(15)18(24)22-19-21-11-12-27-19;1-13-9-5-3-2-4-8(9)6-7-10(12)14-11;13-6-2-1-3-10-7(6)8(14)12-9-11-4-5-15-9/h2-12H,1H3,(H,21,22,24);2-7H,1H3;1-5,13H,(H,11,12,14)/b9-8+;7-6+;. The Labute approximate surface area is 333 Å². The Morgan fingerprint density at radius 2 is 1.11 bits per heavy atom. The van der Waals surface area contributed by atoms with Crippen LogP contribution in [0.15, 0.2) is 120 Å². The summed E-state index contributed by atoms with van der Waals surface area (Å²) in [6, 6.07) is 20.6. The number of nitrogens with one attached hydrogen (secondary N) is 2. The molecule has 2 aromatic carbocycles. The lowest BCUT2D eigenvalue weighted by molar-refractivity contribution is -0.129. The third-order valence-corrected chi connectivity index (χ3v) is 8.18. The number of ether oxygens (including phenoxy) is 3. The minimum atomic E-state index is -0.641. The number of thiazole rings is 2. The molecule has 0 aliphatic rings. The van der Waals surface area contributed by atoms with Crippen molar-refractivity contribution in [3.05, 3.63) is 143 Å². The Bertz CT molecular complexity index is 2270. The average molecular weight is 815 g/mol. The van der Waals surface area contributed by atoms with Crippen molar-refractivity contribution in [2.75, 3.05) is 24.9 Å². The van der Waals surface area contributed by atoms with Crippen LogP contribution < -0.4 is 24.8 Å². The zero-order chi connectivity index (χ0) is 40.1. The number of halogens is 1. The van der Waals surface area contributed by atoms with Crippen molar-refractivity contribution >= 4 is 80.7 Å². The number of esters is 1. The number of anilines is 2. The van der Waals surface area contributed by atoms with E-state index in [1.54, 1.807) is 79.9 Å². The number of carbonyl (C=O) groups excluding carboxylic acids is 4. The van der Waals surface area contributed by atoms with Crippen molar-refractivity contribution in [3.63, 3.8) is 0 Å². The Morgan fingerprint density at radius 1 is 0.625 bits per heavy atom. The van der Waals surface area contributed by atoms with Crippen LogP contribution in [0.4, 0.5) is 10.3 Å². The summed E-state index contributed by atoms with van der Waals surface area (Å²) in [6.45, 7) is 0. The van der Waals surface area contributed by atoms with Crippen LogP contribution in [-0.4, -0.2) is 63.0 Å². The van der Waals surface area contributed by atoms with Gasteiger partial charge in [-0.25, -0.2) is 29.5 Å². The zero-order valence-corrected chi connectivity index (χ0v) is 31.8. The Morgan fingerprint density at radius 3 is 1.61 bits per heavy atom. The molecule has 4 heterocycles. The van der Waals surface area contributed by atoms with Gasteiger partial charge >= 0.3 is 11.9 Å². The van der Waals surface area contributed by atoms with E-state index in [9.17, 15) is 24.3 Å². The Balaban J connectivity index is 0.000000203. The molecule has 0 aliphatic heterocycles. The number of nitrogens with zero attached hydrogens (tertiary/aromatic N) is 4. The number of pyridine rings is 2. The molecule has 4 aromatic heterocycles. The molecular weight excluding hydrogens is 784 g/mol. The van der Waals surface area contributed by atoms with E-state index in [2.05, 4.69) is 34.9 Å². The van der Waals surface area contributed by atoms with Crippen LogP contribution in [0.25, 0.3) is 12.2 Å². The van der Waals surface area contributed by atoms with Gasteiger partial charge in [0.1, 0.15) is 29.1 Å². The molecule has 286 valence electrons. The van der Waals surface area contributed by atoms with Crippen molar-refractivity contribution in [2.45, 2.75) is 0 Å². The van der Waals surface area contributed by atoms with E-state index in [4.69, 9.17) is 26.1 Å². The topological polar surface area (TPSA) is 201 Å². The fourth-order valence-electron chi connectivity index (χ4n) is 4.19. The highest BCUT2D eigenvalue weighted by molar-refractivity contribution is 7.14. The second-order valence-corrected chi connectivity index (χ2v) is 12.2. The van der Waals surface area contributed by atoms with Crippen LogP contribution in [0.1, 0.15) is 32.1 Å². The summed E-state index contributed by atoms with van der Waals surface area (Å²) in [7, 11) is 3.11. The van der Waals surface area contributed by atoms with Crippen LogP contribution >= 0.6 is 34.5 Å². The van der Waals surface area contributed by atoms with E-state index in [-0.39, 0.29) is 22.9 Å². The van der Waals surface area contributed by atoms with Gasteiger partial charge in [0.25, 0.3) is 11.8 Å². The number of carbonyl (C=O) groups is 4. The number of aromatic hydroxyl groups is 1. The molecule has 6 aromatic rings. The summed E-state index contributed by atoms with van der Waals surface area (Å²) < 4.78 is 19.5. The minimum Gasteiger partial charge on any atom is -0.505 e.